The maximum absolute atomic E-state index is 13.0. The number of fused-ring (bicyclic) bond motifs is 1. The Morgan fingerprint density at radius 3 is 2.77 bits per heavy atom. The fourth-order valence-electron chi connectivity index (χ4n) is 3.63. The number of hydrogen-bond donors (Lipinski definition) is 1. The molecular weight excluding hydrogens is 412 g/mol. The van der Waals surface area contributed by atoms with Gasteiger partial charge in [0, 0.05) is 21.5 Å². The Hall–Kier alpha value is -1.78. The van der Waals surface area contributed by atoms with Gasteiger partial charge in [-0.2, -0.15) is 22.1 Å². The predicted octanol–water partition coefficient (Wildman–Crippen LogP) is 3.64. The van der Waals surface area contributed by atoms with Crippen LogP contribution in [0.15, 0.2) is 28.7 Å². The van der Waals surface area contributed by atoms with Crippen LogP contribution in [0, 0.1) is 11.3 Å². The van der Waals surface area contributed by atoms with Gasteiger partial charge in [-0.15, -0.1) is 0 Å². The van der Waals surface area contributed by atoms with E-state index < -0.39 is 5.54 Å². The van der Waals surface area contributed by atoms with Crippen molar-refractivity contribution in [2.24, 2.45) is 0 Å². The third kappa shape index (κ3) is 3.17. The third-order valence-corrected chi connectivity index (χ3v) is 6.77. The van der Waals surface area contributed by atoms with Gasteiger partial charge in [0.2, 0.25) is 0 Å². The van der Waals surface area contributed by atoms with E-state index in [2.05, 4.69) is 32.4 Å². The van der Waals surface area contributed by atoms with Crippen LogP contribution in [0.25, 0.3) is 5.69 Å². The number of thioether (sulfide) groups is 1. The van der Waals surface area contributed by atoms with E-state index in [0.29, 0.717) is 17.9 Å². The van der Waals surface area contributed by atoms with Crippen molar-refractivity contribution in [3.8, 4) is 11.8 Å². The van der Waals surface area contributed by atoms with Crippen LogP contribution in [0.2, 0.25) is 0 Å². The van der Waals surface area contributed by atoms with Gasteiger partial charge in [0.15, 0.2) is 5.69 Å². The molecule has 2 heterocycles. The van der Waals surface area contributed by atoms with Crippen LogP contribution in [-0.2, 0) is 12.8 Å². The van der Waals surface area contributed by atoms with Gasteiger partial charge >= 0.3 is 0 Å². The summed E-state index contributed by atoms with van der Waals surface area (Å²) in [6, 6.07) is 10.3. The number of nitrogens with zero attached hydrogens (tertiary/aromatic N) is 3. The van der Waals surface area contributed by atoms with Crippen LogP contribution >= 0.6 is 27.7 Å². The van der Waals surface area contributed by atoms with Crippen LogP contribution in [0.3, 0.4) is 0 Å². The first-order chi connectivity index (χ1) is 12.6. The maximum atomic E-state index is 13.0. The molecule has 1 aromatic carbocycles. The van der Waals surface area contributed by atoms with Crippen molar-refractivity contribution in [3.63, 3.8) is 0 Å². The fourth-order valence-corrected chi connectivity index (χ4v) is 5.16. The van der Waals surface area contributed by atoms with Crippen molar-refractivity contribution in [2.45, 2.75) is 37.6 Å². The Morgan fingerprint density at radius 1 is 1.31 bits per heavy atom. The lowest BCUT2D eigenvalue weighted by atomic mass is 9.94. The minimum atomic E-state index is -0.759. The molecule has 1 aliphatic carbocycles. The largest absolute Gasteiger partial charge is 0.332 e. The Bertz CT molecular complexity index is 878. The molecule has 1 amide bonds. The predicted molar refractivity (Wildman–Crippen MR) is 106 cm³/mol. The highest BCUT2D eigenvalue weighted by atomic mass is 79.9. The lowest BCUT2D eigenvalue weighted by Gasteiger charge is -2.21. The molecule has 0 bridgehead atoms. The van der Waals surface area contributed by atoms with Gasteiger partial charge in [0.05, 0.1) is 11.8 Å². The van der Waals surface area contributed by atoms with Gasteiger partial charge in [-0.3, -0.25) is 4.79 Å². The normalized spacial score (nSPS) is 21.8. The minimum absolute atomic E-state index is 0.219. The summed E-state index contributed by atoms with van der Waals surface area (Å²) in [5, 5.41) is 17.2. The second-order valence-electron chi connectivity index (χ2n) is 6.82. The molecule has 2 aliphatic rings. The number of nitriles is 1. The second-order valence-corrected chi connectivity index (χ2v) is 8.84. The summed E-state index contributed by atoms with van der Waals surface area (Å²) < 4.78 is 2.91. The number of amides is 1. The number of aromatic nitrogens is 2. The minimum Gasteiger partial charge on any atom is -0.332 e. The van der Waals surface area contributed by atoms with E-state index in [0.717, 1.165) is 52.9 Å². The number of carbonyl (C=O) groups is 1. The zero-order valence-corrected chi connectivity index (χ0v) is 16.7. The number of halogens is 1. The van der Waals surface area contributed by atoms with E-state index >= 15 is 0 Å². The summed E-state index contributed by atoms with van der Waals surface area (Å²) in [5.74, 6) is 1.33. The number of nitrogens with one attached hydrogen (secondary N) is 1. The highest BCUT2D eigenvalue weighted by molar-refractivity contribution is 9.10. The highest BCUT2D eigenvalue weighted by Crippen LogP contribution is 2.30. The van der Waals surface area contributed by atoms with Crippen LogP contribution in [-0.4, -0.2) is 32.7 Å². The average Bonchev–Trinajstić information content (AvgIpc) is 3.28. The molecule has 4 rings (SSSR count). The SMILES string of the molecule is N#CC1(NC(=O)c2nn(-c3ccc(Br)cc3)c3c2CCCC3)CCSC1. The van der Waals surface area contributed by atoms with Crippen LogP contribution in [0.1, 0.15) is 41.0 Å². The van der Waals surface area contributed by atoms with Gasteiger partial charge in [0.25, 0.3) is 5.91 Å². The molecule has 0 saturated carbocycles. The number of rotatable bonds is 3. The first-order valence-corrected chi connectivity index (χ1v) is 10.7. The Morgan fingerprint density at radius 2 is 2.08 bits per heavy atom. The van der Waals surface area contributed by atoms with Gasteiger partial charge in [0.1, 0.15) is 5.54 Å². The van der Waals surface area contributed by atoms with Gasteiger partial charge < -0.3 is 5.32 Å². The van der Waals surface area contributed by atoms with Crippen LogP contribution in [0.5, 0.6) is 0 Å². The molecule has 134 valence electrons. The molecule has 1 fully saturated rings. The molecule has 2 aromatic rings. The van der Waals surface area contributed by atoms with Crippen molar-refractivity contribution in [3.05, 3.63) is 45.7 Å². The summed E-state index contributed by atoms with van der Waals surface area (Å²) in [4.78, 5) is 13.0. The first kappa shape index (κ1) is 17.6. The number of benzene rings is 1. The molecule has 1 N–H and O–H groups in total. The van der Waals surface area contributed by atoms with E-state index in [1.54, 1.807) is 11.8 Å². The van der Waals surface area contributed by atoms with Gasteiger partial charge in [-0.1, -0.05) is 15.9 Å². The summed E-state index contributed by atoms with van der Waals surface area (Å²) in [6.45, 7) is 0. The Labute approximate surface area is 165 Å². The zero-order valence-electron chi connectivity index (χ0n) is 14.3. The van der Waals surface area contributed by atoms with Gasteiger partial charge in [-0.25, -0.2) is 4.68 Å². The number of carbonyl (C=O) groups excluding carboxylic acids is 1. The standard InChI is InChI=1S/C19H19BrN4OS/c20-13-5-7-14(8-6-13)24-16-4-2-1-3-15(16)17(23-24)18(25)22-19(11-21)9-10-26-12-19/h5-8H,1-4,9-10,12H2,(H,22,25). The zero-order chi connectivity index (χ0) is 18.1. The smallest absolute Gasteiger partial charge is 0.273 e. The second kappa shape index (κ2) is 7.09. The Balaban J connectivity index is 1.71. The monoisotopic (exact) mass is 430 g/mol. The van der Waals surface area contributed by atoms with Crippen LogP contribution in [0.4, 0.5) is 0 Å². The van der Waals surface area contributed by atoms with Gasteiger partial charge in [-0.05, 0) is 62.1 Å². The molecule has 7 heteroatoms. The summed E-state index contributed by atoms with van der Waals surface area (Å²) in [5.41, 5.74) is 2.84. The van der Waals surface area contributed by atoms with E-state index in [-0.39, 0.29) is 5.91 Å². The van der Waals surface area contributed by atoms with E-state index in [9.17, 15) is 10.1 Å². The summed E-state index contributed by atoms with van der Waals surface area (Å²) >= 11 is 5.17. The van der Waals surface area contributed by atoms with Crippen molar-refractivity contribution in [1.82, 2.24) is 15.1 Å². The molecule has 0 radical (unpaired) electrons. The van der Waals surface area contributed by atoms with Crippen LogP contribution < -0.4 is 5.32 Å². The highest BCUT2D eigenvalue weighted by Gasteiger charge is 2.38. The first-order valence-electron chi connectivity index (χ1n) is 8.80. The maximum Gasteiger partial charge on any atom is 0.273 e. The van der Waals surface area contributed by atoms with Crippen molar-refractivity contribution in [1.29, 1.82) is 5.26 Å². The lowest BCUT2D eigenvalue weighted by molar-refractivity contribution is 0.0919. The number of hydrogen-bond acceptors (Lipinski definition) is 4. The average molecular weight is 431 g/mol. The topological polar surface area (TPSA) is 70.7 Å². The van der Waals surface area contributed by atoms with Crippen molar-refractivity contribution < 1.29 is 4.79 Å². The Kier molecular flexibility index (Phi) is 4.80. The molecule has 0 spiro atoms. The van der Waals surface area contributed by atoms with Crippen molar-refractivity contribution >= 4 is 33.6 Å². The molecule has 5 nitrogen and oxygen atoms in total. The van der Waals surface area contributed by atoms with E-state index in [1.165, 1.54) is 0 Å². The third-order valence-electron chi connectivity index (χ3n) is 5.05. The molecule has 1 unspecified atom stereocenters. The molecular formula is C19H19BrN4OS. The van der Waals surface area contributed by atoms with E-state index in [1.807, 2.05) is 28.9 Å². The molecule has 1 aromatic heterocycles. The molecule has 1 aliphatic heterocycles. The summed E-state index contributed by atoms with van der Waals surface area (Å²) in [7, 11) is 0. The summed E-state index contributed by atoms with van der Waals surface area (Å²) in [6.07, 6.45) is 4.65. The molecule has 26 heavy (non-hydrogen) atoms. The quantitative estimate of drug-likeness (QED) is 0.806. The fraction of sp³-hybridized carbons (Fsp3) is 0.421. The molecule has 1 saturated heterocycles. The van der Waals surface area contributed by atoms with Crippen molar-refractivity contribution in [2.75, 3.05) is 11.5 Å². The molecule has 1 atom stereocenters. The van der Waals surface area contributed by atoms with E-state index in [4.69, 9.17) is 0 Å². The lowest BCUT2D eigenvalue weighted by Crippen LogP contribution is -2.47.